The maximum Gasteiger partial charge on any atom is 0.355 e. The molecule has 0 spiro atoms. The molecule has 1 unspecified atom stereocenters. The topological polar surface area (TPSA) is 59.1 Å². The average Bonchev–Trinajstić information content (AvgIpc) is 2.51. The molecule has 1 fully saturated rings. The second-order valence-electron chi connectivity index (χ2n) is 5.28. The van der Waals surface area contributed by atoms with Gasteiger partial charge in [0.05, 0.1) is 18.4 Å². The van der Waals surface area contributed by atoms with E-state index in [4.69, 9.17) is 9.47 Å². The van der Waals surface area contributed by atoms with E-state index in [-0.39, 0.29) is 23.7 Å². The Labute approximate surface area is 147 Å². The molecule has 0 aliphatic carbocycles. The Morgan fingerprint density at radius 2 is 2.09 bits per heavy atom. The summed E-state index contributed by atoms with van der Waals surface area (Å²) < 4.78 is 10.6. The zero-order chi connectivity index (χ0) is 16.1. The molecule has 1 atom stereocenters. The number of esters is 1. The minimum atomic E-state index is -0.405. The van der Waals surface area contributed by atoms with Crippen molar-refractivity contribution in [1.29, 1.82) is 0 Å². The molecule has 0 radical (unpaired) electrons. The second kappa shape index (κ2) is 9.52. The molecular formula is C15H25ClN2O4S. The minimum absolute atomic E-state index is 0. The van der Waals surface area contributed by atoms with Crippen LogP contribution >= 0.6 is 24.2 Å². The van der Waals surface area contributed by atoms with Gasteiger partial charge in [-0.15, -0.1) is 24.2 Å². The van der Waals surface area contributed by atoms with Gasteiger partial charge in [0.25, 0.3) is 0 Å². The van der Waals surface area contributed by atoms with Gasteiger partial charge in [-0.25, -0.2) is 4.79 Å². The number of carbonyl (C=O) groups excluding carboxylic acids is 2. The van der Waals surface area contributed by atoms with Gasteiger partial charge in [0.1, 0.15) is 12.3 Å². The van der Waals surface area contributed by atoms with Crippen molar-refractivity contribution in [3.8, 4) is 0 Å². The third-order valence-electron chi connectivity index (χ3n) is 3.98. The molecule has 132 valence electrons. The molecule has 0 bridgehead atoms. The van der Waals surface area contributed by atoms with Crippen LogP contribution in [0.3, 0.4) is 0 Å². The Morgan fingerprint density at radius 3 is 2.65 bits per heavy atom. The van der Waals surface area contributed by atoms with E-state index in [9.17, 15) is 9.59 Å². The molecule has 8 heteroatoms. The van der Waals surface area contributed by atoms with Gasteiger partial charge in [-0.1, -0.05) is 13.8 Å². The third kappa shape index (κ3) is 4.62. The summed E-state index contributed by atoms with van der Waals surface area (Å²) in [4.78, 5) is 28.0. The number of thioether (sulfide) groups is 1. The van der Waals surface area contributed by atoms with Crippen LogP contribution in [0.2, 0.25) is 0 Å². The molecule has 2 heterocycles. The van der Waals surface area contributed by atoms with Crippen molar-refractivity contribution in [2.75, 3.05) is 45.7 Å². The molecule has 1 saturated heterocycles. The van der Waals surface area contributed by atoms with E-state index in [0.717, 1.165) is 18.7 Å². The van der Waals surface area contributed by atoms with Gasteiger partial charge in [-0.05, 0) is 18.7 Å². The summed E-state index contributed by atoms with van der Waals surface area (Å²) in [6.45, 7) is 7.40. The largest absolute Gasteiger partial charge is 0.460 e. The Bertz CT molecular complexity index is 468. The van der Waals surface area contributed by atoms with E-state index in [1.807, 2.05) is 0 Å². The number of halogens is 1. The number of ether oxygens (including phenoxy) is 2. The summed E-state index contributed by atoms with van der Waals surface area (Å²) in [5.74, 6) is 0.294. The van der Waals surface area contributed by atoms with Crippen molar-refractivity contribution in [2.24, 2.45) is 0 Å². The minimum Gasteiger partial charge on any atom is -0.460 e. The number of hydrogen-bond donors (Lipinski definition) is 0. The Morgan fingerprint density at radius 1 is 1.39 bits per heavy atom. The highest BCUT2D eigenvalue weighted by atomic mass is 35.5. The molecule has 0 aromatic rings. The van der Waals surface area contributed by atoms with Gasteiger partial charge in [-0.3, -0.25) is 9.69 Å². The maximum atomic E-state index is 12.4. The average molecular weight is 365 g/mol. The first-order chi connectivity index (χ1) is 10.6. The van der Waals surface area contributed by atoms with Crippen LogP contribution in [0.25, 0.3) is 0 Å². The standard InChI is InChI=1S/C15H24N2O4S.ClH/c1-4-16(5-2)6-7-21-15(19)14-11(9-20-3)10-22-13-8-12(18)17(13)14;/h13H,4-10H2,1-3H3;1H. The SMILES string of the molecule is CCN(CC)CCOC(=O)C1=C(COC)CSC2CC(=O)N12.Cl. The molecule has 1 amide bonds. The van der Waals surface area contributed by atoms with Crippen LogP contribution in [0.4, 0.5) is 0 Å². The van der Waals surface area contributed by atoms with Crippen LogP contribution in [-0.2, 0) is 19.1 Å². The van der Waals surface area contributed by atoms with Crippen LogP contribution in [-0.4, -0.2) is 72.8 Å². The lowest BCUT2D eigenvalue weighted by atomic mass is 10.1. The van der Waals surface area contributed by atoms with Crippen molar-refractivity contribution >= 4 is 36.0 Å². The van der Waals surface area contributed by atoms with E-state index in [0.29, 0.717) is 37.6 Å². The van der Waals surface area contributed by atoms with Crippen LogP contribution in [0.5, 0.6) is 0 Å². The third-order valence-corrected chi connectivity index (χ3v) is 5.26. The van der Waals surface area contributed by atoms with E-state index in [2.05, 4.69) is 18.7 Å². The predicted octanol–water partition coefficient (Wildman–Crippen LogP) is 1.50. The lowest BCUT2D eigenvalue weighted by molar-refractivity contribution is -0.149. The monoisotopic (exact) mass is 364 g/mol. The van der Waals surface area contributed by atoms with Crippen LogP contribution in [0.15, 0.2) is 11.3 Å². The number of nitrogens with zero attached hydrogens (tertiary/aromatic N) is 2. The summed E-state index contributed by atoms with van der Waals surface area (Å²) in [7, 11) is 1.59. The summed E-state index contributed by atoms with van der Waals surface area (Å²) in [6, 6.07) is 0. The molecule has 6 nitrogen and oxygen atoms in total. The number of rotatable bonds is 8. The molecular weight excluding hydrogens is 340 g/mol. The lowest BCUT2D eigenvalue weighted by Gasteiger charge is -2.44. The lowest BCUT2D eigenvalue weighted by Crippen LogP contribution is -2.54. The summed E-state index contributed by atoms with van der Waals surface area (Å²) in [5, 5.41) is 0.0819. The Balaban J connectivity index is 0.00000264. The number of carbonyl (C=O) groups is 2. The second-order valence-corrected chi connectivity index (χ2v) is 6.45. The summed E-state index contributed by atoms with van der Waals surface area (Å²) in [5.41, 5.74) is 1.24. The number of amides is 1. The molecule has 0 saturated carbocycles. The van der Waals surface area contributed by atoms with Crippen molar-refractivity contribution < 1.29 is 19.1 Å². The fourth-order valence-corrected chi connectivity index (χ4v) is 3.87. The molecule has 0 aromatic heterocycles. The van der Waals surface area contributed by atoms with E-state index < -0.39 is 5.97 Å². The first-order valence-corrected chi connectivity index (χ1v) is 8.71. The van der Waals surface area contributed by atoms with Gasteiger partial charge in [0.15, 0.2) is 0 Å². The number of hydrogen-bond acceptors (Lipinski definition) is 6. The first kappa shape index (κ1) is 20.3. The highest BCUT2D eigenvalue weighted by Gasteiger charge is 2.45. The van der Waals surface area contributed by atoms with Crippen molar-refractivity contribution in [1.82, 2.24) is 9.80 Å². The fraction of sp³-hybridized carbons (Fsp3) is 0.733. The molecule has 2 rings (SSSR count). The first-order valence-electron chi connectivity index (χ1n) is 7.66. The zero-order valence-corrected chi connectivity index (χ0v) is 15.5. The fourth-order valence-electron chi connectivity index (χ4n) is 2.63. The van der Waals surface area contributed by atoms with Crippen LogP contribution in [0.1, 0.15) is 20.3 Å². The Hall–Kier alpha value is -0.760. The van der Waals surface area contributed by atoms with Crippen molar-refractivity contribution in [3.05, 3.63) is 11.3 Å². The normalized spacial score (nSPS) is 20.1. The van der Waals surface area contributed by atoms with E-state index >= 15 is 0 Å². The number of β-lactam (4-membered cyclic amide) rings is 1. The smallest absolute Gasteiger partial charge is 0.355 e. The molecule has 23 heavy (non-hydrogen) atoms. The molecule has 2 aliphatic rings. The van der Waals surface area contributed by atoms with Crippen LogP contribution < -0.4 is 0 Å². The maximum absolute atomic E-state index is 12.4. The van der Waals surface area contributed by atoms with E-state index in [1.165, 1.54) is 0 Å². The van der Waals surface area contributed by atoms with E-state index in [1.54, 1.807) is 23.8 Å². The van der Waals surface area contributed by atoms with Crippen molar-refractivity contribution in [2.45, 2.75) is 25.6 Å². The zero-order valence-electron chi connectivity index (χ0n) is 13.9. The predicted molar refractivity (Wildman–Crippen MR) is 92.6 cm³/mol. The van der Waals surface area contributed by atoms with Gasteiger partial charge >= 0.3 is 5.97 Å². The number of likely N-dealkylation sites (N-methyl/N-ethyl adjacent to an activating group) is 1. The van der Waals surface area contributed by atoms with Gasteiger partial charge < -0.3 is 14.4 Å². The number of methoxy groups -OCH3 is 1. The van der Waals surface area contributed by atoms with Gasteiger partial charge in [0, 0.05) is 19.4 Å². The van der Waals surface area contributed by atoms with Crippen molar-refractivity contribution in [3.63, 3.8) is 0 Å². The van der Waals surface area contributed by atoms with Gasteiger partial charge in [-0.2, -0.15) is 0 Å². The molecule has 0 N–H and O–H groups in total. The molecule has 0 aromatic carbocycles. The Kier molecular flexibility index (Phi) is 8.39. The van der Waals surface area contributed by atoms with Gasteiger partial charge in [0.2, 0.25) is 5.91 Å². The highest BCUT2D eigenvalue weighted by molar-refractivity contribution is 8.00. The number of fused-ring (bicyclic) bond motifs is 1. The van der Waals surface area contributed by atoms with Crippen LogP contribution in [0, 0.1) is 0 Å². The highest BCUT2D eigenvalue weighted by Crippen LogP contribution is 2.40. The quantitative estimate of drug-likeness (QED) is 0.480. The summed E-state index contributed by atoms with van der Waals surface area (Å²) >= 11 is 1.67. The summed E-state index contributed by atoms with van der Waals surface area (Å²) in [6.07, 6.45) is 0.501. The molecule has 2 aliphatic heterocycles.